The Labute approximate surface area is 153 Å². The molecule has 2 aliphatic heterocycles. The van der Waals surface area contributed by atoms with E-state index in [1.165, 1.54) is 13.8 Å². The van der Waals surface area contributed by atoms with E-state index in [0.29, 0.717) is 0 Å². The first-order valence-corrected chi connectivity index (χ1v) is 8.99. The topological polar surface area (TPSA) is 233 Å². The quantitative estimate of drug-likeness (QED) is 0.198. The summed E-state index contributed by atoms with van der Waals surface area (Å²) in [6, 6.07) is 0. The van der Waals surface area contributed by atoms with Crippen molar-refractivity contribution in [1.29, 1.82) is 0 Å². The lowest BCUT2D eigenvalue weighted by molar-refractivity contribution is -0.395. The van der Waals surface area contributed by atoms with Gasteiger partial charge in [0.15, 0.2) is 0 Å². The predicted octanol–water partition coefficient (Wildman–Crippen LogP) is -5.44. The largest absolute Gasteiger partial charge is 0.405 e. The van der Waals surface area contributed by atoms with Crippen LogP contribution in [-0.4, -0.2) is 110 Å². The van der Waals surface area contributed by atoms with Crippen LogP contribution in [0.2, 0.25) is 0 Å². The molecule has 0 saturated carbocycles. The Bertz CT molecular complexity index is 594. The number of hydrogen-bond acceptors (Lipinski definition) is 14. The molecule has 0 amide bonds. The van der Waals surface area contributed by atoms with Crippen LogP contribution in [0.3, 0.4) is 0 Å². The summed E-state index contributed by atoms with van der Waals surface area (Å²) in [6.45, 7) is 2.39. The molecule has 15 heteroatoms. The van der Waals surface area contributed by atoms with Crippen molar-refractivity contribution >= 4 is 10.4 Å². The van der Waals surface area contributed by atoms with Crippen molar-refractivity contribution < 1.29 is 67.1 Å². The van der Waals surface area contributed by atoms with Crippen molar-refractivity contribution in [2.45, 2.75) is 74.6 Å². The Hall–Kier alpha value is -0.530. The molecular weight excluding hydrogens is 400 g/mol. The zero-order valence-corrected chi connectivity index (χ0v) is 14.9. The Morgan fingerprint density at radius 2 is 1.04 bits per heavy atom. The normalized spacial score (nSPS) is 51.9. The molecule has 0 radical (unpaired) electrons. The SMILES string of the molecule is C[C@@H]1OC(O)[C@](O)(OS(=O)(=O)O[C@@]2(O)C(O)O[C@@H](C)[C@H](O)[C@H]2O)[C@H](O)[C@H]1O. The lowest BCUT2D eigenvalue weighted by Gasteiger charge is -2.46. The van der Waals surface area contributed by atoms with Crippen LogP contribution in [0.5, 0.6) is 0 Å². The summed E-state index contributed by atoms with van der Waals surface area (Å²) in [5.41, 5.74) is 0. The van der Waals surface area contributed by atoms with Crippen molar-refractivity contribution in [1.82, 2.24) is 0 Å². The lowest BCUT2D eigenvalue weighted by atomic mass is 9.97. The van der Waals surface area contributed by atoms with E-state index < -0.39 is 71.2 Å². The van der Waals surface area contributed by atoms with Crippen LogP contribution >= 0.6 is 0 Å². The first-order chi connectivity index (χ1) is 12.2. The van der Waals surface area contributed by atoms with Gasteiger partial charge in [-0.3, -0.25) is 0 Å². The molecule has 0 bridgehead atoms. The Kier molecular flexibility index (Phi) is 6.22. The van der Waals surface area contributed by atoms with Gasteiger partial charge in [0.2, 0.25) is 12.6 Å². The summed E-state index contributed by atoms with van der Waals surface area (Å²) in [5, 5.41) is 78.6. The van der Waals surface area contributed by atoms with Gasteiger partial charge in [0.25, 0.3) is 11.6 Å². The molecule has 0 aromatic rings. The van der Waals surface area contributed by atoms with Crippen LogP contribution in [0.15, 0.2) is 0 Å². The molecule has 2 fully saturated rings. The molecule has 2 unspecified atom stereocenters. The maximum absolute atomic E-state index is 12.1. The lowest BCUT2D eigenvalue weighted by Crippen LogP contribution is -2.69. The molecule has 2 saturated heterocycles. The van der Waals surface area contributed by atoms with E-state index in [1.807, 2.05) is 0 Å². The predicted molar refractivity (Wildman–Crippen MR) is 78.1 cm³/mol. The van der Waals surface area contributed by atoms with Crippen LogP contribution in [-0.2, 0) is 28.2 Å². The highest BCUT2D eigenvalue weighted by Crippen LogP contribution is 2.35. The molecule has 0 aromatic carbocycles. The minimum absolute atomic E-state index is 1.19. The van der Waals surface area contributed by atoms with Crippen LogP contribution in [0, 0.1) is 0 Å². The van der Waals surface area contributed by atoms with E-state index in [2.05, 4.69) is 17.8 Å². The van der Waals surface area contributed by atoms with Crippen molar-refractivity contribution in [3.8, 4) is 0 Å². The second-order valence-corrected chi connectivity index (χ2v) is 7.49. The highest BCUT2D eigenvalue weighted by molar-refractivity contribution is 7.81. The second kappa shape index (κ2) is 7.38. The summed E-state index contributed by atoms with van der Waals surface area (Å²) in [4.78, 5) is 0. The fourth-order valence-corrected chi connectivity index (χ4v) is 3.63. The first kappa shape index (κ1) is 22.8. The fourth-order valence-electron chi connectivity index (χ4n) is 2.58. The van der Waals surface area contributed by atoms with E-state index in [1.54, 1.807) is 0 Å². The van der Waals surface area contributed by atoms with Gasteiger partial charge < -0.3 is 50.3 Å². The number of aliphatic hydroxyl groups is 8. The molecule has 160 valence electrons. The number of rotatable bonds is 4. The molecule has 2 rings (SSSR count). The molecular formula is C12H22O14S. The van der Waals surface area contributed by atoms with E-state index >= 15 is 0 Å². The summed E-state index contributed by atoms with van der Waals surface area (Å²) >= 11 is 0. The van der Waals surface area contributed by atoms with Crippen LogP contribution in [0.1, 0.15) is 13.8 Å². The van der Waals surface area contributed by atoms with E-state index in [0.717, 1.165) is 0 Å². The van der Waals surface area contributed by atoms with Gasteiger partial charge in [0.1, 0.15) is 24.4 Å². The zero-order valence-electron chi connectivity index (χ0n) is 14.1. The summed E-state index contributed by atoms with van der Waals surface area (Å²) in [7, 11) is -5.63. The van der Waals surface area contributed by atoms with Crippen LogP contribution in [0.25, 0.3) is 0 Å². The Morgan fingerprint density at radius 1 is 0.741 bits per heavy atom. The average molecular weight is 422 g/mol. The molecule has 2 heterocycles. The Morgan fingerprint density at radius 3 is 1.33 bits per heavy atom. The maximum atomic E-state index is 12.1. The van der Waals surface area contributed by atoms with Crippen LogP contribution < -0.4 is 0 Å². The van der Waals surface area contributed by atoms with Gasteiger partial charge in [-0.15, -0.1) is 0 Å². The smallest absolute Gasteiger partial charge is 0.387 e. The van der Waals surface area contributed by atoms with Gasteiger partial charge in [-0.1, -0.05) is 0 Å². The van der Waals surface area contributed by atoms with E-state index in [4.69, 9.17) is 0 Å². The minimum atomic E-state index is -5.63. The highest BCUT2D eigenvalue weighted by Gasteiger charge is 2.61. The van der Waals surface area contributed by atoms with E-state index in [9.17, 15) is 49.3 Å². The van der Waals surface area contributed by atoms with Gasteiger partial charge in [-0.2, -0.15) is 8.42 Å². The van der Waals surface area contributed by atoms with Gasteiger partial charge in [-0.25, -0.2) is 8.37 Å². The third-order valence-corrected chi connectivity index (χ3v) is 5.26. The Balaban J connectivity index is 2.26. The first-order valence-electron chi connectivity index (χ1n) is 7.66. The van der Waals surface area contributed by atoms with Crippen LogP contribution in [0.4, 0.5) is 0 Å². The zero-order chi connectivity index (χ0) is 20.9. The van der Waals surface area contributed by atoms with Crippen molar-refractivity contribution in [3.05, 3.63) is 0 Å². The fraction of sp³-hybridized carbons (Fsp3) is 1.00. The summed E-state index contributed by atoms with van der Waals surface area (Å²) in [6.07, 6.45) is -16.0. The monoisotopic (exact) mass is 422 g/mol. The third kappa shape index (κ3) is 3.97. The molecule has 0 spiro atoms. The van der Waals surface area contributed by atoms with Gasteiger partial charge in [-0.05, 0) is 13.8 Å². The minimum Gasteiger partial charge on any atom is -0.387 e. The summed E-state index contributed by atoms with van der Waals surface area (Å²) in [5.74, 6) is -6.95. The average Bonchev–Trinajstić information content (AvgIpc) is 2.55. The van der Waals surface area contributed by atoms with Gasteiger partial charge in [0, 0.05) is 0 Å². The molecule has 27 heavy (non-hydrogen) atoms. The van der Waals surface area contributed by atoms with Gasteiger partial charge >= 0.3 is 10.4 Å². The number of aliphatic hydroxyl groups excluding tert-OH is 6. The van der Waals surface area contributed by atoms with Gasteiger partial charge in [0.05, 0.1) is 12.2 Å². The molecule has 8 N–H and O–H groups in total. The molecule has 0 aromatic heterocycles. The highest BCUT2D eigenvalue weighted by atomic mass is 32.3. The molecule has 0 aliphatic carbocycles. The maximum Gasteiger partial charge on any atom is 0.405 e. The van der Waals surface area contributed by atoms with Crippen molar-refractivity contribution in [3.63, 3.8) is 0 Å². The number of hydrogen-bond donors (Lipinski definition) is 8. The molecule has 14 nitrogen and oxygen atoms in total. The second-order valence-electron chi connectivity index (χ2n) is 6.34. The standard InChI is InChI=1S/C12H22O14S/c1-3-5(13)7(15)11(19,9(17)23-3)25-27(21,22)26-12(20)8(16)6(14)4(2)24-10(12)18/h3-10,13-20H,1-2H3/t3-,4-,5-,6-,7+,8+,9?,10?,11+,12+/m0/s1. The summed E-state index contributed by atoms with van der Waals surface area (Å²) < 4.78 is 41.7. The third-order valence-electron chi connectivity index (χ3n) is 4.32. The molecule has 2 aliphatic rings. The van der Waals surface area contributed by atoms with Crippen molar-refractivity contribution in [2.75, 3.05) is 0 Å². The van der Waals surface area contributed by atoms with E-state index in [-0.39, 0.29) is 0 Å². The van der Waals surface area contributed by atoms with Crippen molar-refractivity contribution in [2.24, 2.45) is 0 Å². The number of ether oxygens (including phenoxy) is 2. The molecule has 10 atom stereocenters.